The Labute approximate surface area is 247 Å². The fraction of sp³-hybridized carbons (Fsp3) is 0.567. The Morgan fingerprint density at radius 2 is 1.64 bits per heavy atom. The van der Waals surface area contributed by atoms with Crippen molar-refractivity contribution >= 4 is 23.8 Å². The van der Waals surface area contributed by atoms with E-state index in [1.54, 1.807) is 26.0 Å². The molecule has 0 radical (unpaired) electrons. The van der Waals surface area contributed by atoms with Crippen LogP contribution in [0.25, 0.3) is 0 Å². The number of hydrogen-bond donors (Lipinski definition) is 4. The Bertz CT molecular complexity index is 1170. The first kappa shape index (κ1) is 34.4. The van der Waals surface area contributed by atoms with E-state index in [9.17, 15) is 19.5 Å². The van der Waals surface area contributed by atoms with Gasteiger partial charge in [-0.1, -0.05) is 26.0 Å². The molecular weight excluding hydrogens is 546 g/mol. The number of fused-ring (bicyclic) bond motifs is 2. The third kappa shape index (κ3) is 9.66. The molecule has 6 atom stereocenters. The Morgan fingerprint density at radius 3 is 2.21 bits per heavy atom. The number of amides is 3. The van der Waals surface area contributed by atoms with Crippen molar-refractivity contribution < 1.29 is 43.2 Å². The number of anilines is 1. The Morgan fingerprint density at radius 1 is 1.00 bits per heavy atom. The molecule has 1 aliphatic rings. The first-order valence-electron chi connectivity index (χ1n) is 13.8. The van der Waals surface area contributed by atoms with Crippen molar-refractivity contribution in [2.75, 3.05) is 26.6 Å². The lowest BCUT2D eigenvalue weighted by Crippen LogP contribution is -2.41. The van der Waals surface area contributed by atoms with Gasteiger partial charge in [-0.3, -0.25) is 4.79 Å². The first-order valence-corrected chi connectivity index (χ1v) is 13.8. The van der Waals surface area contributed by atoms with Crippen LogP contribution >= 0.6 is 0 Å². The molecule has 0 aromatic heterocycles. The molecule has 42 heavy (non-hydrogen) atoms. The van der Waals surface area contributed by atoms with Gasteiger partial charge in [-0.15, -0.1) is 0 Å². The standard InChI is InChI=1S/C30H45N3O9/c1-16-11-20-14-21(15-22(34)27(20)40-7)33-28(35)17(2)9-8-10-23(38-5)25(41-29(31)36)18(3)13-19(4)26(42-30(32)37)24(12-16)39-6/h9,13-16,19,23-26,34H,8,10-12H2,1-7H3,(H2,31,36)(H2,32,37)(H,33,35)/b17-9+,18-13+/t16-,19+,23+,24+,25+,26-/m1/s1. The molecule has 0 saturated heterocycles. The van der Waals surface area contributed by atoms with Crippen LogP contribution in [0.15, 0.2) is 35.4 Å². The van der Waals surface area contributed by atoms with Gasteiger partial charge >= 0.3 is 12.2 Å². The number of ether oxygens (including phenoxy) is 5. The highest BCUT2D eigenvalue weighted by Gasteiger charge is 2.33. The summed E-state index contributed by atoms with van der Waals surface area (Å²) in [6.07, 6.45) is 0.564. The van der Waals surface area contributed by atoms with Crippen LogP contribution in [-0.2, 0) is 30.2 Å². The van der Waals surface area contributed by atoms with Crippen LogP contribution in [0.2, 0.25) is 0 Å². The monoisotopic (exact) mass is 591 g/mol. The van der Waals surface area contributed by atoms with Gasteiger partial charge in [0.05, 0.1) is 19.3 Å². The number of nitrogens with one attached hydrogen (secondary N) is 1. The fourth-order valence-electron chi connectivity index (χ4n) is 5.38. The van der Waals surface area contributed by atoms with E-state index < -0.39 is 42.5 Å². The topological polar surface area (TPSA) is 182 Å². The number of hydrogen-bond acceptors (Lipinski definition) is 9. The summed E-state index contributed by atoms with van der Waals surface area (Å²) in [7, 11) is 4.47. The van der Waals surface area contributed by atoms with E-state index in [0.29, 0.717) is 53.8 Å². The van der Waals surface area contributed by atoms with Crippen LogP contribution < -0.4 is 21.5 Å². The van der Waals surface area contributed by atoms with Crippen LogP contribution in [0.4, 0.5) is 15.3 Å². The summed E-state index contributed by atoms with van der Waals surface area (Å²) in [5.41, 5.74) is 13.0. The van der Waals surface area contributed by atoms with Crippen molar-refractivity contribution in [3.63, 3.8) is 0 Å². The quantitative estimate of drug-likeness (QED) is 0.365. The van der Waals surface area contributed by atoms with Crippen LogP contribution in [-0.4, -0.2) is 68.9 Å². The number of allylic oxidation sites excluding steroid dienone is 1. The average molecular weight is 592 g/mol. The van der Waals surface area contributed by atoms with Crippen molar-refractivity contribution in [1.82, 2.24) is 0 Å². The van der Waals surface area contributed by atoms with Crippen molar-refractivity contribution in [3.05, 3.63) is 41.0 Å². The van der Waals surface area contributed by atoms with Crippen LogP contribution in [0.3, 0.4) is 0 Å². The summed E-state index contributed by atoms with van der Waals surface area (Å²) in [4.78, 5) is 36.7. The Balaban J connectivity index is 2.63. The van der Waals surface area contributed by atoms with Gasteiger partial charge in [0.15, 0.2) is 17.6 Å². The van der Waals surface area contributed by atoms with E-state index in [1.165, 1.54) is 27.4 Å². The molecule has 1 heterocycles. The summed E-state index contributed by atoms with van der Waals surface area (Å²) in [5.74, 6) is -0.626. The molecule has 0 saturated carbocycles. The number of phenolic OH excluding ortho intramolecular Hbond substituents is 1. The largest absolute Gasteiger partial charge is 0.504 e. The van der Waals surface area contributed by atoms with Gasteiger partial charge in [-0.25, -0.2) is 9.59 Å². The van der Waals surface area contributed by atoms with Gasteiger partial charge in [0, 0.05) is 43.0 Å². The molecule has 6 N–H and O–H groups in total. The number of primary amides is 2. The number of aromatic hydroxyl groups is 1. The van der Waals surface area contributed by atoms with E-state index in [0.717, 1.165) is 0 Å². The van der Waals surface area contributed by atoms with Crippen molar-refractivity contribution in [1.29, 1.82) is 0 Å². The zero-order chi connectivity index (χ0) is 31.6. The lowest BCUT2D eigenvalue weighted by molar-refractivity contribution is -0.112. The highest BCUT2D eigenvalue weighted by molar-refractivity contribution is 6.03. The summed E-state index contributed by atoms with van der Waals surface area (Å²) < 4.78 is 27.9. The number of rotatable bonds is 5. The van der Waals surface area contributed by atoms with E-state index >= 15 is 0 Å². The van der Waals surface area contributed by atoms with Crippen LogP contribution in [0, 0.1) is 11.8 Å². The van der Waals surface area contributed by atoms with Crippen molar-refractivity contribution in [2.45, 2.75) is 77.8 Å². The predicted molar refractivity (Wildman–Crippen MR) is 157 cm³/mol. The number of benzene rings is 1. The summed E-state index contributed by atoms with van der Waals surface area (Å²) >= 11 is 0. The number of nitrogens with two attached hydrogens (primary N) is 2. The smallest absolute Gasteiger partial charge is 0.405 e. The molecule has 0 aliphatic carbocycles. The molecule has 0 spiro atoms. The SMILES string of the molecule is COc1c(O)cc2cc1C[C@@H](C)C[C@H](OC)[C@H](OC(N)=O)[C@@H](C)/C=C(\C)[C@H](OC(N)=O)[C@@H](OC)CC/C=C(\C)C(=O)N2. The molecule has 1 aromatic rings. The minimum atomic E-state index is -0.971. The minimum absolute atomic E-state index is 0.0574. The van der Waals surface area contributed by atoms with Crippen LogP contribution in [0.5, 0.6) is 11.5 Å². The van der Waals surface area contributed by atoms with Gasteiger partial charge in [0.1, 0.15) is 6.10 Å². The third-order valence-electron chi connectivity index (χ3n) is 7.37. The molecular formula is C30H45N3O9. The molecule has 1 aromatic carbocycles. The maximum Gasteiger partial charge on any atom is 0.405 e. The minimum Gasteiger partial charge on any atom is -0.504 e. The van der Waals surface area contributed by atoms with Gasteiger partial charge in [-0.2, -0.15) is 0 Å². The molecule has 0 unspecified atom stereocenters. The second kappa shape index (κ2) is 16.0. The molecule has 1 aliphatic heterocycles. The second-order valence-electron chi connectivity index (χ2n) is 10.7. The van der Waals surface area contributed by atoms with E-state index in [2.05, 4.69) is 5.32 Å². The Kier molecular flexibility index (Phi) is 13.1. The second-order valence-corrected chi connectivity index (χ2v) is 10.7. The van der Waals surface area contributed by atoms with Gasteiger partial charge < -0.3 is 45.6 Å². The Hall–Kier alpha value is -3.77. The number of phenols is 1. The van der Waals surface area contributed by atoms with Crippen molar-refractivity contribution in [2.24, 2.45) is 23.3 Å². The summed E-state index contributed by atoms with van der Waals surface area (Å²) in [5, 5.41) is 13.5. The normalized spacial score (nSPS) is 28.8. The van der Waals surface area contributed by atoms with Crippen LogP contribution in [0.1, 0.15) is 52.5 Å². The molecule has 3 amide bonds. The van der Waals surface area contributed by atoms with E-state index in [1.807, 2.05) is 19.9 Å². The lowest BCUT2D eigenvalue weighted by Gasteiger charge is -2.32. The van der Waals surface area contributed by atoms with Gasteiger partial charge in [0.25, 0.3) is 5.91 Å². The number of methoxy groups -OCH3 is 3. The third-order valence-corrected chi connectivity index (χ3v) is 7.37. The van der Waals surface area contributed by atoms with Crippen molar-refractivity contribution in [3.8, 4) is 11.5 Å². The molecule has 234 valence electrons. The maximum absolute atomic E-state index is 13.0. The number of carbonyl (C=O) groups is 3. The summed E-state index contributed by atoms with van der Waals surface area (Å²) in [6.45, 7) is 7.27. The maximum atomic E-state index is 13.0. The predicted octanol–water partition coefficient (Wildman–Crippen LogP) is 4.19. The lowest BCUT2D eigenvalue weighted by atomic mass is 9.87. The molecule has 2 rings (SSSR count). The fourth-order valence-corrected chi connectivity index (χ4v) is 5.38. The highest BCUT2D eigenvalue weighted by Crippen LogP contribution is 2.36. The highest BCUT2D eigenvalue weighted by atomic mass is 16.6. The van der Waals surface area contributed by atoms with Gasteiger partial charge in [0.2, 0.25) is 0 Å². The number of carbonyl (C=O) groups excluding carboxylic acids is 3. The molecule has 2 bridgehead atoms. The van der Waals surface area contributed by atoms with E-state index in [-0.39, 0.29) is 17.6 Å². The zero-order valence-corrected chi connectivity index (χ0v) is 25.5. The first-order chi connectivity index (χ1) is 19.8. The molecule has 0 fully saturated rings. The summed E-state index contributed by atoms with van der Waals surface area (Å²) in [6, 6.07) is 3.19. The zero-order valence-electron chi connectivity index (χ0n) is 25.5. The van der Waals surface area contributed by atoms with E-state index in [4.69, 9.17) is 35.2 Å². The average Bonchev–Trinajstić information content (AvgIpc) is 2.90. The van der Waals surface area contributed by atoms with Gasteiger partial charge in [-0.05, 0) is 57.1 Å². The molecule has 12 nitrogen and oxygen atoms in total. The molecule has 12 heteroatoms.